The van der Waals surface area contributed by atoms with E-state index in [1.807, 2.05) is 37.4 Å². The molecule has 0 saturated carbocycles. The number of hydrogen-bond donors (Lipinski definition) is 1. The number of amides is 2. The minimum atomic E-state index is -0.0524. The van der Waals surface area contributed by atoms with Gasteiger partial charge in [-0.25, -0.2) is 4.79 Å². The molecule has 0 bridgehead atoms. The molecule has 18 heavy (non-hydrogen) atoms. The summed E-state index contributed by atoms with van der Waals surface area (Å²) in [7, 11) is 0. The summed E-state index contributed by atoms with van der Waals surface area (Å²) >= 11 is 1.66. The van der Waals surface area contributed by atoms with Gasteiger partial charge in [0.05, 0.1) is 12.7 Å². The van der Waals surface area contributed by atoms with Gasteiger partial charge in [-0.1, -0.05) is 6.07 Å². The number of hydrogen-bond acceptors (Lipinski definition) is 3. The maximum atomic E-state index is 12.1. The molecule has 0 aliphatic carbocycles. The number of nitrogens with one attached hydrogen (secondary N) is 1. The molecule has 1 aromatic carbocycles. The SMILES string of the molecule is CSc1cccc(NC(=O)N2CCO[C@@H](C)C2)c1. The Morgan fingerprint density at radius 3 is 3.11 bits per heavy atom. The van der Waals surface area contributed by atoms with Crippen LogP contribution in [0.15, 0.2) is 29.2 Å². The molecule has 0 radical (unpaired) electrons. The first-order valence-corrected chi connectivity index (χ1v) is 7.23. The van der Waals surface area contributed by atoms with E-state index < -0.39 is 0 Å². The molecule has 98 valence electrons. The third-order valence-corrected chi connectivity index (χ3v) is 3.57. The van der Waals surface area contributed by atoms with Crippen LogP contribution in [0.5, 0.6) is 0 Å². The van der Waals surface area contributed by atoms with Crippen LogP contribution >= 0.6 is 11.8 Å². The predicted octanol–water partition coefficient (Wildman–Crippen LogP) is 2.66. The number of benzene rings is 1. The van der Waals surface area contributed by atoms with Crippen molar-refractivity contribution in [2.24, 2.45) is 0 Å². The minimum absolute atomic E-state index is 0.0524. The lowest BCUT2D eigenvalue weighted by atomic mass is 10.3. The Hall–Kier alpha value is -1.20. The molecule has 1 aliphatic heterocycles. The first-order valence-electron chi connectivity index (χ1n) is 6.00. The molecule has 0 unspecified atom stereocenters. The Balaban J connectivity index is 1.97. The van der Waals surface area contributed by atoms with Gasteiger partial charge in [-0.2, -0.15) is 0 Å². The lowest BCUT2D eigenvalue weighted by molar-refractivity contribution is -0.00138. The fraction of sp³-hybridized carbons (Fsp3) is 0.462. The second-order valence-corrected chi connectivity index (χ2v) is 5.17. The molecule has 1 saturated heterocycles. The van der Waals surface area contributed by atoms with Crippen LogP contribution in [0.25, 0.3) is 0 Å². The first-order chi connectivity index (χ1) is 8.69. The second-order valence-electron chi connectivity index (χ2n) is 4.29. The number of urea groups is 1. The summed E-state index contributed by atoms with van der Waals surface area (Å²) < 4.78 is 5.42. The van der Waals surface area contributed by atoms with E-state index in [0.29, 0.717) is 19.7 Å². The molecule has 1 N–H and O–H groups in total. The summed E-state index contributed by atoms with van der Waals surface area (Å²) in [6.45, 7) is 3.89. The molecule has 2 amide bonds. The highest BCUT2D eigenvalue weighted by Gasteiger charge is 2.21. The summed E-state index contributed by atoms with van der Waals surface area (Å²) in [5, 5.41) is 2.92. The summed E-state index contributed by atoms with van der Waals surface area (Å²) in [5.74, 6) is 0. The number of thioether (sulfide) groups is 1. The van der Waals surface area contributed by atoms with Gasteiger partial charge in [0, 0.05) is 23.7 Å². The fourth-order valence-corrected chi connectivity index (χ4v) is 2.37. The Kier molecular flexibility index (Phi) is 4.49. The van der Waals surface area contributed by atoms with Gasteiger partial charge in [0.1, 0.15) is 0 Å². The Morgan fingerprint density at radius 2 is 2.39 bits per heavy atom. The van der Waals surface area contributed by atoms with E-state index in [2.05, 4.69) is 5.32 Å². The van der Waals surface area contributed by atoms with Crippen molar-refractivity contribution in [1.82, 2.24) is 4.90 Å². The molecule has 1 aliphatic rings. The van der Waals surface area contributed by atoms with Gasteiger partial charge in [0.2, 0.25) is 0 Å². The largest absolute Gasteiger partial charge is 0.375 e. The maximum Gasteiger partial charge on any atom is 0.322 e. The number of rotatable bonds is 2. The van der Waals surface area contributed by atoms with Crippen molar-refractivity contribution >= 4 is 23.5 Å². The van der Waals surface area contributed by atoms with E-state index in [1.54, 1.807) is 16.7 Å². The molecule has 1 fully saturated rings. The average molecular weight is 266 g/mol. The molecule has 1 atom stereocenters. The van der Waals surface area contributed by atoms with Crippen molar-refractivity contribution in [1.29, 1.82) is 0 Å². The van der Waals surface area contributed by atoms with E-state index in [1.165, 1.54) is 0 Å². The topological polar surface area (TPSA) is 41.6 Å². The highest BCUT2D eigenvalue weighted by atomic mass is 32.2. The molecule has 1 heterocycles. The van der Waals surface area contributed by atoms with E-state index in [0.717, 1.165) is 10.6 Å². The molecule has 5 heteroatoms. The van der Waals surface area contributed by atoms with Crippen molar-refractivity contribution < 1.29 is 9.53 Å². The predicted molar refractivity (Wildman–Crippen MR) is 74.2 cm³/mol. The molecule has 4 nitrogen and oxygen atoms in total. The third kappa shape index (κ3) is 3.40. The monoisotopic (exact) mass is 266 g/mol. The van der Waals surface area contributed by atoms with E-state index in [4.69, 9.17) is 4.74 Å². The zero-order valence-electron chi connectivity index (χ0n) is 10.7. The highest BCUT2D eigenvalue weighted by Crippen LogP contribution is 2.19. The summed E-state index contributed by atoms with van der Waals surface area (Å²) in [6, 6.07) is 7.80. The van der Waals surface area contributed by atoms with Crippen molar-refractivity contribution in [2.45, 2.75) is 17.9 Å². The van der Waals surface area contributed by atoms with Crippen LogP contribution in [0.3, 0.4) is 0 Å². The number of anilines is 1. The zero-order valence-corrected chi connectivity index (χ0v) is 11.5. The number of nitrogens with zero attached hydrogens (tertiary/aromatic N) is 1. The Morgan fingerprint density at radius 1 is 1.56 bits per heavy atom. The lowest BCUT2D eigenvalue weighted by Gasteiger charge is -2.31. The van der Waals surface area contributed by atoms with Crippen LogP contribution in [0.4, 0.5) is 10.5 Å². The van der Waals surface area contributed by atoms with Crippen LogP contribution in [0.1, 0.15) is 6.92 Å². The van der Waals surface area contributed by atoms with Gasteiger partial charge in [0.15, 0.2) is 0 Å². The fourth-order valence-electron chi connectivity index (χ4n) is 1.91. The molecule has 1 aromatic rings. The van der Waals surface area contributed by atoms with Gasteiger partial charge >= 0.3 is 6.03 Å². The van der Waals surface area contributed by atoms with E-state index in [9.17, 15) is 4.79 Å². The summed E-state index contributed by atoms with van der Waals surface area (Å²) in [5.41, 5.74) is 0.839. The van der Waals surface area contributed by atoms with Crippen molar-refractivity contribution in [3.05, 3.63) is 24.3 Å². The normalized spacial score (nSPS) is 19.7. The number of carbonyl (C=O) groups is 1. The van der Waals surface area contributed by atoms with Gasteiger partial charge in [-0.05, 0) is 31.4 Å². The van der Waals surface area contributed by atoms with Crippen LogP contribution in [0, 0.1) is 0 Å². The van der Waals surface area contributed by atoms with Crippen LogP contribution in [0.2, 0.25) is 0 Å². The zero-order chi connectivity index (χ0) is 13.0. The smallest absolute Gasteiger partial charge is 0.322 e. The number of morpholine rings is 1. The first kappa shape index (κ1) is 13.2. The van der Waals surface area contributed by atoms with Gasteiger partial charge in [-0.3, -0.25) is 0 Å². The summed E-state index contributed by atoms with van der Waals surface area (Å²) in [4.78, 5) is 15.0. The summed E-state index contributed by atoms with van der Waals surface area (Å²) in [6.07, 6.45) is 2.13. The lowest BCUT2D eigenvalue weighted by Crippen LogP contribution is -2.46. The van der Waals surface area contributed by atoms with Crippen LogP contribution < -0.4 is 5.32 Å². The van der Waals surface area contributed by atoms with Crippen LogP contribution in [-0.4, -0.2) is 43.0 Å². The number of ether oxygens (including phenoxy) is 1. The molecule has 0 aromatic heterocycles. The maximum absolute atomic E-state index is 12.1. The van der Waals surface area contributed by atoms with Crippen molar-refractivity contribution in [3.8, 4) is 0 Å². The molecular formula is C13H18N2O2S. The van der Waals surface area contributed by atoms with Gasteiger partial charge in [0.25, 0.3) is 0 Å². The number of carbonyl (C=O) groups excluding carboxylic acids is 1. The van der Waals surface area contributed by atoms with Gasteiger partial charge in [-0.15, -0.1) is 11.8 Å². The van der Waals surface area contributed by atoms with E-state index >= 15 is 0 Å². The van der Waals surface area contributed by atoms with Gasteiger partial charge < -0.3 is 15.0 Å². The van der Waals surface area contributed by atoms with Crippen molar-refractivity contribution in [2.75, 3.05) is 31.3 Å². The highest BCUT2D eigenvalue weighted by molar-refractivity contribution is 7.98. The minimum Gasteiger partial charge on any atom is -0.375 e. The van der Waals surface area contributed by atoms with E-state index in [-0.39, 0.29) is 12.1 Å². The Bertz CT molecular complexity index is 425. The second kappa shape index (κ2) is 6.11. The Labute approximate surface area is 112 Å². The van der Waals surface area contributed by atoms with Crippen molar-refractivity contribution in [3.63, 3.8) is 0 Å². The quantitative estimate of drug-likeness (QED) is 0.837. The molecule has 2 rings (SSSR count). The standard InChI is InChI=1S/C13H18N2O2S/c1-10-9-15(6-7-17-10)13(16)14-11-4-3-5-12(8-11)18-2/h3-5,8,10H,6-7,9H2,1-2H3,(H,14,16)/t10-/m0/s1. The van der Waals surface area contributed by atoms with Crippen LogP contribution in [-0.2, 0) is 4.74 Å². The molecule has 0 spiro atoms. The molecular weight excluding hydrogens is 248 g/mol. The average Bonchev–Trinajstić information content (AvgIpc) is 2.39. The third-order valence-electron chi connectivity index (χ3n) is 2.85.